The first-order valence-corrected chi connectivity index (χ1v) is 7.53. The van der Waals surface area contributed by atoms with E-state index in [4.69, 9.17) is 4.98 Å². The average molecular weight is 283 g/mol. The Labute approximate surface area is 124 Å². The zero-order valence-electron chi connectivity index (χ0n) is 12.6. The van der Waals surface area contributed by atoms with Gasteiger partial charge in [-0.3, -0.25) is 9.69 Å². The number of rotatable bonds is 3. The fraction of sp³-hybridized carbons (Fsp3) is 0.412. The van der Waals surface area contributed by atoms with Gasteiger partial charge in [0, 0.05) is 30.8 Å². The topological polar surface area (TPSA) is 49.0 Å². The van der Waals surface area contributed by atoms with Crippen LogP contribution in [0.25, 0.3) is 11.4 Å². The van der Waals surface area contributed by atoms with Crippen molar-refractivity contribution < 1.29 is 0 Å². The van der Waals surface area contributed by atoms with Crippen molar-refractivity contribution in [3.05, 3.63) is 51.9 Å². The van der Waals surface area contributed by atoms with Crippen LogP contribution in [0, 0.1) is 5.92 Å². The maximum absolute atomic E-state index is 12.3. The van der Waals surface area contributed by atoms with Crippen LogP contribution in [-0.4, -0.2) is 28.0 Å². The van der Waals surface area contributed by atoms with Crippen LogP contribution in [0.4, 0.5) is 0 Å². The minimum Gasteiger partial charge on any atom is -0.306 e. The van der Waals surface area contributed by atoms with Crippen molar-refractivity contribution in [3.63, 3.8) is 0 Å². The third-order valence-electron chi connectivity index (χ3n) is 3.82. The van der Waals surface area contributed by atoms with Gasteiger partial charge in [0.15, 0.2) is 0 Å². The SMILES string of the molecule is CC(C)CN1CCc2c(nc(-c3ccccc3)[nH]c2=O)C1. The first-order chi connectivity index (χ1) is 10.1. The summed E-state index contributed by atoms with van der Waals surface area (Å²) in [5.74, 6) is 1.30. The van der Waals surface area contributed by atoms with Crippen molar-refractivity contribution >= 4 is 0 Å². The van der Waals surface area contributed by atoms with E-state index in [0.29, 0.717) is 11.7 Å². The summed E-state index contributed by atoms with van der Waals surface area (Å²) in [6.45, 7) is 7.21. The maximum atomic E-state index is 12.3. The Bertz CT molecular complexity index is 676. The number of nitrogens with zero attached hydrogens (tertiary/aromatic N) is 2. The highest BCUT2D eigenvalue weighted by atomic mass is 16.1. The van der Waals surface area contributed by atoms with Crippen molar-refractivity contribution in [2.45, 2.75) is 26.8 Å². The summed E-state index contributed by atoms with van der Waals surface area (Å²) in [5.41, 5.74) is 2.76. The summed E-state index contributed by atoms with van der Waals surface area (Å²) >= 11 is 0. The first kappa shape index (κ1) is 14.0. The standard InChI is InChI=1S/C17H21N3O/c1-12(2)10-20-9-8-14-15(11-20)18-16(19-17(14)21)13-6-4-3-5-7-13/h3-7,12H,8-11H2,1-2H3,(H,18,19,21). The molecule has 0 saturated heterocycles. The van der Waals surface area contributed by atoms with Crippen molar-refractivity contribution in [2.75, 3.05) is 13.1 Å². The molecule has 0 unspecified atom stereocenters. The molecule has 2 aromatic rings. The van der Waals surface area contributed by atoms with Crippen LogP contribution in [0.5, 0.6) is 0 Å². The normalized spacial score (nSPS) is 15.2. The molecular formula is C17H21N3O. The van der Waals surface area contributed by atoms with E-state index in [1.165, 1.54) is 0 Å². The van der Waals surface area contributed by atoms with Crippen LogP contribution in [0.15, 0.2) is 35.1 Å². The van der Waals surface area contributed by atoms with E-state index >= 15 is 0 Å². The maximum Gasteiger partial charge on any atom is 0.254 e. The second kappa shape index (κ2) is 5.82. The summed E-state index contributed by atoms with van der Waals surface area (Å²) in [7, 11) is 0. The predicted molar refractivity (Wildman–Crippen MR) is 84.1 cm³/mol. The van der Waals surface area contributed by atoms with Crippen molar-refractivity contribution in [3.8, 4) is 11.4 Å². The van der Waals surface area contributed by atoms with Gasteiger partial charge in [0.1, 0.15) is 5.82 Å². The molecule has 0 amide bonds. The summed E-state index contributed by atoms with van der Waals surface area (Å²) in [6.07, 6.45) is 0.791. The molecule has 3 rings (SSSR count). The molecule has 1 N–H and O–H groups in total. The van der Waals surface area contributed by atoms with Crippen LogP contribution in [0.1, 0.15) is 25.1 Å². The Kier molecular flexibility index (Phi) is 3.88. The van der Waals surface area contributed by atoms with Gasteiger partial charge in [-0.2, -0.15) is 0 Å². The van der Waals surface area contributed by atoms with Gasteiger partial charge in [-0.1, -0.05) is 44.2 Å². The number of nitrogens with one attached hydrogen (secondary N) is 1. The largest absolute Gasteiger partial charge is 0.306 e. The molecular weight excluding hydrogens is 262 g/mol. The van der Waals surface area contributed by atoms with Gasteiger partial charge in [0.05, 0.1) is 5.69 Å². The molecule has 110 valence electrons. The number of benzene rings is 1. The Morgan fingerprint density at radius 3 is 2.76 bits per heavy atom. The monoisotopic (exact) mass is 283 g/mol. The number of fused-ring (bicyclic) bond motifs is 1. The van der Waals surface area contributed by atoms with E-state index in [1.54, 1.807) is 0 Å². The van der Waals surface area contributed by atoms with Crippen molar-refractivity contribution in [1.82, 2.24) is 14.9 Å². The van der Waals surface area contributed by atoms with Crippen LogP contribution in [-0.2, 0) is 13.0 Å². The molecule has 0 atom stereocenters. The van der Waals surface area contributed by atoms with Crippen LogP contribution in [0.2, 0.25) is 0 Å². The summed E-state index contributed by atoms with van der Waals surface area (Å²) < 4.78 is 0. The number of hydrogen-bond acceptors (Lipinski definition) is 3. The summed E-state index contributed by atoms with van der Waals surface area (Å²) in [4.78, 5) is 22.3. The minimum absolute atomic E-state index is 0.0167. The molecule has 0 radical (unpaired) electrons. The molecule has 0 aliphatic carbocycles. The van der Waals surface area contributed by atoms with E-state index in [1.807, 2.05) is 30.3 Å². The van der Waals surface area contributed by atoms with E-state index in [0.717, 1.165) is 42.9 Å². The number of aromatic amines is 1. The Balaban J connectivity index is 1.95. The molecule has 0 spiro atoms. The zero-order valence-corrected chi connectivity index (χ0v) is 12.6. The highest BCUT2D eigenvalue weighted by molar-refractivity contribution is 5.54. The van der Waals surface area contributed by atoms with Crippen LogP contribution >= 0.6 is 0 Å². The molecule has 1 aliphatic heterocycles. The molecule has 2 heterocycles. The fourth-order valence-electron chi connectivity index (χ4n) is 2.90. The lowest BCUT2D eigenvalue weighted by Crippen LogP contribution is -2.37. The van der Waals surface area contributed by atoms with Crippen molar-refractivity contribution in [1.29, 1.82) is 0 Å². The van der Waals surface area contributed by atoms with Gasteiger partial charge in [-0.05, 0) is 12.3 Å². The van der Waals surface area contributed by atoms with Gasteiger partial charge in [0.2, 0.25) is 0 Å². The minimum atomic E-state index is 0.0167. The zero-order chi connectivity index (χ0) is 14.8. The first-order valence-electron chi connectivity index (χ1n) is 7.53. The quantitative estimate of drug-likeness (QED) is 0.941. The number of aromatic nitrogens is 2. The summed E-state index contributed by atoms with van der Waals surface area (Å²) in [6, 6.07) is 9.82. The molecule has 1 aliphatic rings. The van der Waals surface area contributed by atoms with E-state index in [9.17, 15) is 4.79 Å². The Hall–Kier alpha value is -1.94. The lowest BCUT2D eigenvalue weighted by molar-refractivity contribution is 0.222. The second-order valence-corrected chi connectivity index (χ2v) is 6.08. The molecule has 0 fully saturated rings. The molecule has 1 aromatic carbocycles. The van der Waals surface area contributed by atoms with Gasteiger partial charge in [-0.15, -0.1) is 0 Å². The molecule has 0 bridgehead atoms. The van der Waals surface area contributed by atoms with Crippen molar-refractivity contribution in [2.24, 2.45) is 5.92 Å². The second-order valence-electron chi connectivity index (χ2n) is 6.08. The third-order valence-corrected chi connectivity index (χ3v) is 3.82. The molecule has 4 nitrogen and oxygen atoms in total. The highest BCUT2D eigenvalue weighted by Crippen LogP contribution is 2.19. The molecule has 21 heavy (non-hydrogen) atoms. The predicted octanol–water partition coefficient (Wildman–Crippen LogP) is 2.45. The van der Waals surface area contributed by atoms with Crippen LogP contribution in [0.3, 0.4) is 0 Å². The highest BCUT2D eigenvalue weighted by Gasteiger charge is 2.21. The van der Waals surface area contributed by atoms with E-state index in [-0.39, 0.29) is 5.56 Å². The Morgan fingerprint density at radius 1 is 1.29 bits per heavy atom. The Morgan fingerprint density at radius 2 is 2.05 bits per heavy atom. The van der Waals surface area contributed by atoms with Gasteiger partial charge in [0.25, 0.3) is 5.56 Å². The van der Waals surface area contributed by atoms with E-state index < -0.39 is 0 Å². The van der Waals surface area contributed by atoms with Gasteiger partial charge in [-0.25, -0.2) is 4.98 Å². The fourth-order valence-corrected chi connectivity index (χ4v) is 2.90. The number of H-pyrrole nitrogens is 1. The van der Waals surface area contributed by atoms with Gasteiger partial charge >= 0.3 is 0 Å². The molecule has 1 aromatic heterocycles. The van der Waals surface area contributed by atoms with Crippen LogP contribution < -0.4 is 5.56 Å². The molecule has 4 heteroatoms. The third kappa shape index (κ3) is 3.05. The van der Waals surface area contributed by atoms with E-state index in [2.05, 4.69) is 23.7 Å². The molecule has 0 saturated carbocycles. The van der Waals surface area contributed by atoms with Gasteiger partial charge < -0.3 is 4.98 Å². The lowest BCUT2D eigenvalue weighted by atomic mass is 10.0. The summed E-state index contributed by atoms with van der Waals surface area (Å²) in [5, 5.41) is 0. The lowest BCUT2D eigenvalue weighted by Gasteiger charge is -2.28. The number of hydrogen-bond donors (Lipinski definition) is 1. The smallest absolute Gasteiger partial charge is 0.254 e. The average Bonchev–Trinajstić information content (AvgIpc) is 2.47.